The fraction of sp³-hybridized carbons (Fsp3) is 0.120. The van der Waals surface area contributed by atoms with Crippen molar-refractivity contribution < 1.29 is 23.8 Å². The molecule has 0 aliphatic carbocycles. The Balaban J connectivity index is 1.59. The van der Waals surface area contributed by atoms with Crippen LogP contribution in [0, 0.1) is 13.8 Å². The standard InChI is InChI=1S/C25H20O5/c1-15-5-4-6-18(13-15)25(27)30-21-12-11-20-23(26)22(29-24(20)16(21)2)14-17-7-9-19(28-3)10-8-17/h4-14H,1-3H3/b22-14-. The molecule has 3 aromatic rings. The number of ether oxygens (including phenoxy) is 3. The molecule has 0 radical (unpaired) electrons. The molecule has 5 nitrogen and oxygen atoms in total. The number of ketones is 1. The van der Waals surface area contributed by atoms with Crippen molar-refractivity contribution in [2.45, 2.75) is 13.8 Å². The first-order valence-corrected chi connectivity index (χ1v) is 9.47. The minimum atomic E-state index is -0.458. The number of allylic oxidation sites excluding steroid dienone is 1. The van der Waals surface area contributed by atoms with E-state index in [9.17, 15) is 9.59 Å². The number of carbonyl (C=O) groups is 2. The van der Waals surface area contributed by atoms with Crippen LogP contribution < -0.4 is 14.2 Å². The first-order chi connectivity index (χ1) is 14.5. The predicted molar refractivity (Wildman–Crippen MR) is 113 cm³/mol. The largest absolute Gasteiger partial charge is 0.497 e. The van der Waals surface area contributed by atoms with Crippen LogP contribution in [0.3, 0.4) is 0 Å². The highest BCUT2D eigenvalue weighted by molar-refractivity contribution is 6.15. The van der Waals surface area contributed by atoms with Gasteiger partial charge in [0.05, 0.1) is 18.2 Å². The number of hydrogen-bond acceptors (Lipinski definition) is 5. The lowest BCUT2D eigenvalue weighted by Crippen LogP contribution is -2.09. The maximum atomic E-state index is 12.7. The van der Waals surface area contributed by atoms with Gasteiger partial charge in [0, 0.05) is 5.56 Å². The van der Waals surface area contributed by atoms with Gasteiger partial charge in [0.25, 0.3) is 0 Å². The number of rotatable bonds is 4. The van der Waals surface area contributed by atoms with Crippen LogP contribution in [0.5, 0.6) is 17.2 Å². The maximum Gasteiger partial charge on any atom is 0.343 e. The normalized spacial score (nSPS) is 13.7. The van der Waals surface area contributed by atoms with E-state index in [4.69, 9.17) is 14.2 Å². The molecule has 0 amide bonds. The number of aryl methyl sites for hydroxylation is 1. The second-order valence-corrected chi connectivity index (χ2v) is 7.04. The Hall–Kier alpha value is -3.86. The second-order valence-electron chi connectivity index (χ2n) is 7.04. The summed E-state index contributed by atoms with van der Waals surface area (Å²) in [5.41, 5.74) is 3.29. The van der Waals surface area contributed by atoms with Crippen LogP contribution in [0.15, 0.2) is 66.4 Å². The molecule has 0 aromatic heterocycles. The van der Waals surface area contributed by atoms with Gasteiger partial charge in [-0.2, -0.15) is 0 Å². The second kappa shape index (κ2) is 7.87. The molecule has 0 N–H and O–H groups in total. The van der Waals surface area contributed by atoms with Crippen LogP contribution in [0.1, 0.15) is 37.4 Å². The van der Waals surface area contributed by atoms with Gasteiger partial charge in [-0.1, -0.05) is 29.8 Å². The van der Waals surface area contributed by atoms with Crippen molar-refractivity contribution in [3.8, 4) is 17.2 Å². The zero-order valence-electron chi connectivity index (χ0n) is 16.9. The minimum Gasteiger partial charge on any atom is -0.497 e. The summed E-state index contributed by atoms with van der Waals surface area (Å²) in [4.78, 5) is 25.2. The smallest absolute Gasteiger partial charge is 0.343 e. The summed E-state index contributed by atoms with van der Waals surface area (Å²) in [5.74, 6) is 1.06. The van der Waals surface area contributed by atoms with Crippen LogP contribution in [0.2, 0.25) is 0 Å². The highest BCUT2D eigenvalue weighted by atomic mass is 16.5. The summed E-state index contributed by atoms with van der Waals surface area (Å²) in [5, 5.41) is 0. The van der Waals surface area contributed by atoms with Gasteiger partial charge in [0.2, 0.25) is 5.78 Å². The molecular formula is C25H20O5. The number of fused-ring (bicyclic) bond motifs is 1. The quantitative estimate of drug-likeness (QED) is 0.344. The number of Topliss-reactive ketones (excluding diaryl/α,β-unsaturated/α-hetero) is 1. The maximum absolute atomic E-state index is 12.7. The van der Waals surface area contributed by atoms with Crippen molar-refractivity contribution in [2.75, 3.05) is 7.11 Å². The van der Waals surface area contributed by atoms with E-state index in [1.165, 1.54) is 0 Å². The summed E-state index contributed by atoms with van der Waals surface area (Å²) in [6.07, 6.45) is 1.68. The first-order valence-electron chi connectivity index (χ1n) is 9.47. The van der Waals surface area contributed by atoms with Gasteiger partial charge in [-0.3, -0.25) is 4.79 Å². The van der Waals surface area contributed by atoms with Crippen molar-refractivity contribution in [3.63, 3.8) is 0 Å². The van der Waals surface area contributed by atoms with Gasteiger partial charge in [-0.25, -0.2) is 4.79 Å². The summed E-state index contributed by atoms with van der Waals surface area (Å²) in [6, 6.07) is 17.7. The minimum absolute atomic E-state index is 0.208. The van der Waals surface area contributed by atoms with Crippen molar-refractivity contribution in [2.24, 2.45) is 0 Å². The molecule has 5 heteroatoms. The van der Waals surface area contributed by atoms with E-state index in [0.717, 1.165) is 16.9 Å². The van der Waals surface area contributed by atoms with E-state index in [1.807, 2.05) is 37.3 Å². The lowest BCUT2D eigenvalue weighted by molar-refractivity contribution is 0.0733. The number of hydrogen-bond donors (Lipinski definition) is 0. The van der Waals surface area contributed by atoms with Gasteiger partial charge in [0.15, 0.2) is 5.76 Å². The SMILES string of the molecule is COc1ccc(/C=C2\Oc3c(ccc(OC(=O)c4cccc(C)c4)c3C)C2=O)cc1. The Morgan fingerprint density at radius 3 is 2.47 bits per heavy atom. The monoisotopic (exact) mass is 400 g/mol. The molecule has 3 aromatic carbocycles. The molecule has 30 heavy (non-hydrogen) atoms. The van der Waals surface area contributed by atoms with Crippen molar-refractivity contribution in [3.05, 3.63) is 94.2 Å². The predicted octanol–water partition coefficient (Wildman–Crippen LogP) is 5.15. The summed E-state index contributed by atoms with van der Waals surface area (Å²) < 4.78 is 16.6. The number of methoxy groups -OCH3 is 1. The molecule has 0 unspecified atom stereocenters. The number of benzene rings is 3. The molecule has 0 fully saturated rings. The third-order valence-electron chi connectivity index (χ3n) is 4.91. The van der Waals surface area contributed by atoms with Crippen molar-refractivity contribution in [1.82, 2.24) is 0 Å². The summed E-state index contributed by atoms with van der Waals surface area (Å²) in [7, 11) is 1.60. The lowest BCUT2D eigenvalue weighted by atomic mass is 10.1. The molecule has 150 valence electrons. The fourth-order valence-electron chi connectivity index (χ4n) is 3.26. The van der Waals surface area contributed by atoms with Gasteiger partial charge < -0.3 is 14.2 Å². The molecule has 1 aliphatic rings. The zero-order valence-corrected chi connectivity index (χ0v) is 16.9. The molecule has 0 spiro atoms. The lowest BCUT2D eigenvalue weighted by Gasteiger charge is -2.10. The molecular weight excluding hydrogens is 380 g/mol. The van der Waals surface area contributed by atoms with Crippen LogP contribution in [-0.4, -0.2) is 18.9 Å². The Bertz CT molecular complexity index is 1170. The van der Waals surface area contributed by atoms with Gasteiger partial charge in [0.1, 0.15) is 17.2 Å². The number of carbonyl (C=O) groups excluding carboxylic acids is 2. The van der Waals surface area contributed by atoms with Gasteiger partial charge in [-0.15, -0.1) is 0 Å². The van der Waals surface area contributed by atoms with Crippen LogP contribution in [-0.2, 0) is 0 Å². The first kappa shape index (κ1) is 19.5. The summed E-state index contributed by atoms with van der Waals surface area (Å²) >= 11 is 0. The van der Waals surface area contributed by atoms with Crippen molar-refractivity contribution in [1.29, 1.82) is 0 Å². The average Bonchev–Trinajstić information content (AvgIpc) is 3.07. The zero-order chi connectivity index (χ0) is 21.3. The van der Waals surface area contributed by atoms with Crippen LogP contribution in [0.25, 0.3) is 6.08 Å². The topological polar surface area (TPSA) is 61.8 Å². The van der Waals surface area contributed by atoms with Crippen LogP contribution >= 0.6 is 0 Å². The third kappa shape index (κ3) is 3.70. The van der Waals surface area contributed by atoms with E-state index < -0.39 is 5.97 Å². The molecule has 1 aliphatic heterocycles. The fourth-order valence-corrected chi connectivity index (χ4v) is 3.26. The average molecular weight is 400 g/mol. The van der Waals surface area contributed by atoms with Crippen LogP contribution in [0.4, 0.5) is 0 Å². The molecule has 0 saturated carbocycles. The molecule has 1 heterocycles. The highest BCUT2D eigenvalue weighted by Crippen LogP contribution is 2.39. The Kier molecular flexibility index (Phi) is 5.11. The van der Waals surface area contributed by atoms with E-state index in [0.29, 0.717) is 28.2 Å². The molecule has 0 bridgehead atoms. The Morgan fingerprint density at radius 1 is 1.00 bits per heavy atom. The van der Waals surface area contributed by atoms with E-state index in [-0.39, 0.29) is 11.5 Å². The van der Waals surface area contributed by atoms with E-state index >= 15 is 0 Å². The Labute approximate surface area is 174 Å². The Morgan fingerprint density at radius 2 is 1.77 bits per heavy atom. The highest BCUT2D eigenvalue weighted by Gasteiger charge is 2.30. The molecule has 0 saturated heterocycles. The third-order valence-corrected chi connectivity index (χ3v) is 4.91. The van der Waals surface area contributed by atoms with Gasteiger partial charge in [-0.05, 0) is 61.9 Å². The van der Waals surface area contributed by atoms with E-state index in [1.54, 1.807) is 50.4 Å². The number of esters is 1. The molecule has 0 atom stereocenters. The molecule has 4 rings (SSSR count). The van der Waals surface area contributed by atoms with E-state index in [2.05, 4.69) is 0 Å². The summed E-state index contributed by atoms with van der Waals surface area (Å²) in [6.45, 7) is 3.68. The van der Waals surface area contributed by atoms with Gasteiger partial charge >= 0.3 is 5.97 Å². The van der Waals surface area contributed by atoms with Crippen molar-refractivity contribution >= 4 is 17.8 Å².